The van der Waals surface area contributed by atoms with Crippen molar-refractivity contribution in [3.05, 3.63) is 89.3 Å². The molecule has 5 rings (SSSR count). The number of hydrogen-bond donors (Lipinski definition) is 1. The van der Waals surface area contributed by atoms with Crippen LogP contribution < -0.4 is 14.8 Å². The molecular weight excluding hydrogens is 368 g/mol. The lowest BCUT2D eigenvalue weighted by molar-refractivity contribution is 0.0951. The van der Waals surface area contributed by atoms with Gasteiger partial charge in [-0.1, -0.05) is 36.4 Å². The van der Waals surface area contributed by atoms with Gasteiger partial charge in [-0.15, -0.1) is 0 Å². The highest BCUT2D eigenvalue weighted by Crippen LogP contribution is 2.32. The summed E-state index contributed by atoms with van der Waals surface area (Å²) >= 11 is 0. The molecule has 0 radical (unpaired) electrons. The fourth-order valence-corrected chi connectivity index (χ4v) is 3.29. The van der Waals surface area contributed by atoms with Gasteiger partial charge in [0.1, 0.15) is 5.52 Å². The summed E-state index contributed by atoms with van der Waals surface area (Å²) in [5.74, 6) is 1.88. The Kier molecular flexibility index (Phi) is 4.37. The van der Waals surface area contributed by atoms with Crippen LogP contribution in [0.1, 0.15) is 27.4 Å². The first-order chi connectivity index (χ1) is 14.2. The van der Waals surface area contributed by atoms with Gasteiger partial charge in [-0.2, -0.15) is 0 Å². The summed E-state index contributed by atoms with van der Waals surface area (Å²) in [6.07, 6.45) is 0.612. The second kappa shape index (κ2) is 7.31. The Balaban J connectivity index is 1.28. The molecule has 0 saturated carbocycles. The van der Waals surface area contributed by atoms with Crippen molar-refractivity contribution >= 4 is 17.0 Å². The van der Waals surface area contributed by atoms with Crippen molar-refractivity contribution in [2.24, 2.45) is 0 Å². The van der Waals surface area contributed by atoms with Gasteiger partial charge in [-0.25, -0.2) is 4.98 Å². The van der Waals surface area contributed by atoms with E-state index in [1.54, 1.807) is 12.1 Å². The second-order valence-electron chi connectivity index (χ2n) is 6.82. The molecule has 0 aliphatic carbocycles. The third-order valence-electron chi connectivity index (χ3n) is 4.78. The molecule has 29 heavy (non-hydrogen) atoms. The fourth-order valence-electron chi connectivity index (χ4n) is 3.29. The van der Waals surface area contributed by atoms with Crippen LogP contribution >= 0.6 is 0 Å². The third kappa shape index (κ3) is 3.65. The van der Waals surface area contributed by atoms with Crippen molar-refractivity contribution in [3.63, 3.8) is 0 Å². The number of rotatable bonds is 5. The maximum absolute atomic E-state index is 12.6. The van der Waals surface area contributed by atoms with Gasteiger partial charge < -0.3 is 19.2 Å². The van der Waals surface area contributed by atoms with E-state index in [2.05, 4.69) is 10.3 Å². The highest BCUT2D eigenvalue weighted by molar-refractivity contribution is 5.97. The van der Waals surface area contributed by atoms with Gasteiger partial charge in [-0.3, -0.25) is 4.79 Å². The van der Waals surface area contributed by atoms with E-state index in [-0.39, 0.29) is 12.7 Å². The van der Waals surface area contributed by atoms with E-state index in [0.717, 1.165) is 22.4 Å². The van der Waals surface area contributed by atoms with Crippen LogP contribution in [0, 0.1) is 0 Å². The fraction of sp³-hybridized carbons (Fsp3) is 0.130. The molecule has 1 aromatic heterocycles. The normalized spacial score (nSPS) is 12.3. The van der Waals surface area contributed by atoms with Crippen LogP contribution in [0.2, 0.25) is 0 Å². The molecule has 0 saturated heterocycles. The summed E-state index contributed by atoms with van der Waals surface area (Å²) in [6, 6.07) is 20.9. The Morgan fingerprint density at radius 3 is 2.69 bits per heavy atom. The van der Waals surface area contributed by atoms with Crippen molar-refractivity contribution in [2.45, 2.75) is 13.0 Å². The minimum atomic E-state index is -0.175. The zero-order valence-electron chi connectivity index (χ0n) is 15.6. The number of oxazole rings is 1. The molecule has 144 valence electrons. The second-order valence-corrected chi connectivity index (χ2v) is 6.82. The largest absolute Gasteiger partial charge is 0.454 e. The third-order valence-corrected chi connectivity index (χ3v) is 4.78. The number of aromatic nitrogens is 1. The number of carbonyl (C=O) groups excluding carboxylic acids is 1. The molecular formula is C23H18N2O4. The smallest absolute Gasteiger partial charge is 0.251 e. The van der Waals surface area contributed by atoms with Crippen molar-refractivity contribution in [1.29, 1.82) is 0 Å². The van der Waals surface area contributed by atoms with Crippen LogP contribution in [-0.2, 0) is 13.0 Å². The number of fused-ring (bicyclic) bond motifs is 2. The molecule has 3 aromatic carbocycles. The zero-order valence-corrected chi connectivity index (χ0v) is 15.6. The number of nitrogens with one attached hydrogen (secondary N) is 1. The van der Waals surface area contributed by atoms with Crippen LogP contribution in [0.15, 0.2) is 71.1 Å². The Hall–Kier alpha value is -3.80. The van der Waals surface area contributed by atoms with E-state index < -0.39 is 0 Å². The molecule has 1 aliphatic rings. The SMILES string of the molecule is O=C(NCc1ccc2c(c1)OCO2)c1ccc2nc(Cc3ccccc3)oc2c1. The molecule has 6 heteroatoms. The average Bonchev–Trinajstić information content (AvgIpc) is 3.37. The van der Waals surface area contributed by atoms with Gasteiger partial charge >= 0.3 is 0 Å². The summed E-state index contributed by atoms with van der Waals surface area (Å²) < 4.78 is 16.5. The van der Waals surface area contributed by atoms with Crippen LogP contribution in [-0.4, -0.2) is 17.7 Å². The molecule has 6 nitrogen and oxygen atoms in total. The van der Waals surface area contributed by atoms with Gasteiger partial charge in [0.25, 0.3) is 5.91 Å². The topological polar surface area (TPSA) is 73.6 Å². The summed E-state index contributed by atoms with van der Waals surface area (Å²) in [5, 5.41) is 2.92. The first-order valence-corrected chi connectivity index (χ1v) is 9.35. The Labute approximate surface area is 167 Å². The maximum Gasteiger partial charge on any atom is 0.251 e. The minimum absolute atomic E-state index is 0.175. The van der Waals surface area contributed by atoms with Crippen LogP contribution in [0.25, 0.3) is 11.1 Å². The number of nitrogens with zero attached hydrogens (tertiary/aromatic N) is 1. The van der Waals surface area contributed by atoms with Gasteiger partial charge in [-0.05, 0) is 41.5 Å². The summed E-state index contributed by atoms with van der Waals surface area (Å²) in [5.41, 5.74) is 3.94. The van der Waals surface area contributed by atoms with E-state index in [4.69, 9.17) is 13.9 Å². The first kappa shape index (κ1) is 17.3. The number of carbonyl (C=O) groups is 1. The lowest BCUT2D eigenvalue weighted by Gasteiger charge is -2.06. The molecule has 1 N–H and O–H groups in total. The maximum atomic E-state index is 12.6. The molecule has 1 aliphatic heterocycles. The number of ether oxygens (including phenoxy) is 2. The quantitative estimate of drug-likeness (QED) is 0.560. The molecule has 2 heterocycles. The molecule has 1 amide bonds. The molecule has 0 spiro atoms. The monoisotopic (exact) mass is 386 g/mol. The van der Waals surface area contributed by atoms with Crippen LogP contribution in [0.4, 0.5) is 0 Å². The Bertz CT molecular complexity index is 1180. The van der Waals surface area contributed by atoms with Crippen molar-refractivity contribution in [2.75, 3.05) is 6.79 Å². The lowest BCUT2D eigenvalue weighted by atomic mass is 10.1. The van der Waals surface area contributed by atoms with E-state index in [1.807, 2.05) is 54.6 Å². The molecule has 0 bridgehead atoms. The molecule has 0 fully saturated rings. The number of amides is 1. The van der Waals surface area contributed by atoms with Crippen LogP contribution in [0.5, 0.6) is 11.5 Å². The first-order valence-electron chi connectivity index (χ1n) is 9.35. The predicted molar refractivity (Wildman–Crippen MR) is 107 cm³/mol. The van der Waals surface area contributed by atoms with E-state index in [9.17, 15) is 4.79 Å². The molecule has 0 unspecified atom stereocenters. The van der Waals surface area contributed by atoms with Gasteiger partial charge in [0.2, 0.25) is 6.79 Å². The molecule has 4 aromatic rings. The van der Waals surface area contributed by atoms with Crippen LogP contribution in [0.3, 0.4) is 0 Å². The highest BCUT2D eigenvalue weighted by atomic mass is 16.7. The number of benzene rings is 3. The number of hydrogen-bond acceptors (Lipinski definition) is 5. The Morgan fingerprint density at radius 2 is 1.79 bits per heavy atom. The van der Waals surface area contributed by atoms with Gasteiger partial charge in [0.05, 0.1) is 0 Å². The summed E-state index contributed by atoms with van der Waals surface area (Å²) in [7, 11) is 0. The zero-order chi connectivity index (χ0) is 19.6. The van der Waals surface area contributed by atoms with Crippen molar-refractivity contribution in [3.8, 4) is 11.5 Å². The molecule has 0 atom stereocenters. The van der Waals surface area contributed by atoms with Gasteiger partial charge in [0.15, 0.2) is 23.0 Å². The van der Waals surface area contributed by atoms with Gasteiger partial charge in [0, 0.05) is 18.5 Å². The van der Waals surface area contributed by atoms with Crippen molar-refractivity contribution < 1.29 is 18.7 Å². The van der Waals surface area contributed by atoms with E-state index in [0.29, 0.717) is 35.8 Å². The van der Waals surface area contributed by atoms with Crippen molar-refractivity contribution in [1.82, 2.24) is 10.3 Å². The minimum Gasteiger partial charge on any atom is -0.454 e. The lowest BCUT2D eigenvalue weighted by Crippen LogP contribution is -2.22. The predicted octanol–water partition coefficient (Wildman–Crippen LogP) is 4.08. The Morgan fingerprint density at radius 1 is 0.931 bits per heavy atom. The van der Waals surface area contributed by atoms with E-state index in [1.165, 1.54) is 0 Å². The van der Waals surface area contributed by atoms with E-state index >= 15 is 0 Å². The highest BCUT2D eigenvalue weighted by Gasteiger charge is 2.14. The standard InChI is InChI=1S/C23H18N2O4/c26-23(24-13-16-6-9-19-21(10-16)28-14-27-19)17-7-8-18-20(12-17)29-22(25-18)11-15-4-2-1-3-5-15/h1-10,12H,11,13-14H2,(H,24,26). The summed E-state index contributed by atoms with van der Waals surface area (Å²) in [6.45, 7) is 0.623. The summed E-state index contributed by atoms with van der Waals surface area (Å²) in [4.78, 5) is 17.1. The average molecular weight is 386 g/mol.